The second-order valence-corrected chi connectivity index (χ2v) is 10.7. The second-order valence-electron chi connectivity index (χ2n) is 8.82. The molecule has 142 valence electrons. The number of carbonyl (C=O) groups excluding carboxylic acids is 1. The summed E-state index contributed by atoms with van der Waals surface area (Å²) in [5.41, 5.74) is -0.378. The lowest BCUT2D eigenvalue weighted by molar-refractivity contribution is -0.144. The number of hydrogen-bond donors (Lipinski definition) is 0. The van der Waals surface area contributed by atoms with Gasteiger partial charge in [-0.2, -0.15) is 4.31 Å². The number of methoxy groups -OCH3 is 1. The average Bonchev–Trinajstić information content (AvgIpc) is 3.28. The molecule has 6 nitrogen and oxygen atoms in total. The van der Waals surface area contributed by atoms with Gasteiger partial charge in [-0.1, -0.05) is 13.8 Å². The van der Waals surface area contributed by atoms with Gasteiger partial charge in [-0.3, -0.25) is 4.79 Å². The first-order valence-corrected chi connectivity index (χ1v) is 11.0. The summed E-state index contributed by atoms with van der Waals surface area (Å²) in [6.45, 7) is 5.61. The fourth-order valence-corrected chi connectivity index (χ4v) is 8.99. The van der Waals surface area contributed by atoms with Crippen molar-refractivity contribution >= 4 is 16.0 Å². The van der Waals surface area contributed by atoms with E-state index in [0.717, 1.165) is 25.9 Å². The molecule has 0 aromatic heterocycles. The third-order valence-corrected chi connectivity index (χ3v) is 9.82. The van der Waals surface area contributed by atoms with Crippen molar-refractivity contribution in [2.75, 3.05) is 26.0 Å². The molecule has 2 aliphatic carbocycles. The van der Waals surface area contributed by atoms with Gasteiger partial charge in [0.1, 0.15) is 6.04 Å². The van der Waals surface area contributed by atoms with Gasteiger partial charge in [-0.15, -0.1) is 0 Å². The van der Waals surface area contributed by atoms with Crippen LogP contribution >= 0.6 is 0 Å². The quantitative estimate of drug-likeness (QED) is 0.705. The number of rotatable bonds is 4. The topological polar surface area (TPSA) is 72.9 Å². The Balaban J connectivity index is 1.65. The van der Waals surface area contributed by atoms with Crippen LogP contribution in [0.25, 0.3) is 0 Å². The number of esters is 1. The second kappa shape index (κ2) is 5.67. The highest BCUT2D eigenvalue weighted by molar-refractivity contribution is 7.89. The van der Waals surface area contributed by atoms with E-state index in [0.29, 0.717) is 31.2 Å². The van der Waals surface area contributed by atoms with E-state index in [-0.39, 0.29) is 22.7 Å². The first kappa shape index (κ1) is 17.7. The van der Waals surface area contributed by atoms with Gasteiger partial charge in [0.05, 0.1) is 19.0 Å². The lowest BCUT2D eigenvalue weighted by Crippen LogP contribution is -2.51. The number of fused-ring (bicyclic) bond motifs is 5. The molecule has 0 amide bonds. The maximum Gasteiger partial charge on any atom is 0.324 e. The molecule has 4 fully saturated rings. The van der Waals surface area contributed by atoms with Gasteiger partial charge < -0.3 is 9.47 Å². The summed E-state index contributed by atoms with van der Waals surface area (Å²) in [5, 5.41) is 0. The van der Waals surface area contributed by atoms with Gasteiger partial charge in [0, 0.05) is 18.6 Å². The molecule has 2 aliphatic heterocycles. The monoisotopic (exact) mass is 371 g/mol. The van der Waals surface area contributed by atoms with Crippen LogP contribution in [0, 0.1) is 22.7 Å². The molecule has 2 heterocycles. The standard InChI is InChI=1S/C18H29NO5S/c1-17(2)13-6-8-18(17,15-12(13)7-10-24-15)11-25(21,22)19-9-4-5-14(19)16(20)23-3/h12-15H,4-11H2,1-3H3/t12?,13?,14-,15?,18?/m0/s1. The molecule has 2 bridgehead atoms. The maximum atomic E-state index is 13.3. The van der Waals surface area contributed by atoms with Crippen LogP contribution in [-0.4, -0.2) is 56.9 Å². The first-order chi connectivity index (χ1) is 11.7. The first-order valence-electron chi connectivity index (χ1n) is 9.43. The molecule has 25 heavy (non-hydrogen) atoms. The van der Waals surface area contributed by atoms with Crippen molar-refractivity contribution in [2.24, 2.45) is 22.7 Å². The molecule has 5 atom stereocenters. The van der Waals surface area contributed by atoms with Crippen molar-refractivity contribution in [3.8, 4) is 0 Å². The van der Waals surface area contributed by atoms with Crippen molar-refractivity contribution in [3.63, 3.8) is 0 Å². The molecular weight excluding hydrogens is 342 g/mol. The average molecular weight is 371 g/mol. The highest BCUT2D eigenvalue weighted by atomic mass is 32.2. The Bertz CT molecular complexity index is 675. The zero-order valence-electron chi connectivity index (χ0n) is 15.4. The van der Waals surface area contributed by atoms with E-state index >= 15 is 0 Å². The summed E-state index contributed by atoms with van der Waals surface area (Å²) in [5.74, 6) is 0.695. The largest absolute Gasteiger partial charge is 0.468 e. The molecule has 2 saturated carbocycles. The summed E-state index contributed by atoms with van der Waals surface area (Å²) in [6, 6.07) is -0.659. The van der Waals surface area contributed by atoms with Crippen LogP contribution in [0.4, 0.5) is 0 Å². The number of nitrogens with zero attached hydrogens (tertiary/aromatic N) is 1. The summed E-state index contributed by atoms with van der Waals surface area (Å²) in [7, 11) is -2.23. The molecule has 4 unspecified atom stereocenters. The van der Waals surface area contributed by atoms with Crippen LogP contribution in [0.5, 0.6) is 0 Å². The molecule has 0 aromatic rings. The Morgan fingerprint density at radius 2 is 2.04 bits per heavy atom. The summed E-state index contributed by atoms with van der Waals surface area (Å²) in [6.07, 6.45) is 4.36. The Morgan fingerprint density at radius 3 is 2.76 bits per heavy atom. The van der Waals surface area contributed by atoms with Crippen molar-refractivity contribution in [3.05, 3.63) is 0 Å². The summed E-state index contributed by atoms with van der Waals surface area (Å²) < 4.78 is 39.0. The van der Waals surface area contributed by atoms with Crippen molar-refractivity contribution < 1.29 is 22.7 Å². The zero-order valence-corrected chi connectivity index (χ0v) is 16.2. The fraction of sp³-hybridized carbons (Fsp3) is 0.944. The van der Waals surface area contributed by atoms with Crippen LogP contribution in [0.2, 0.25) is 0 Å². The molecular formula is C18H29NO5S. The van der Waals surface area contributed by atoms with E-state index in [9.17, 15) is 13.2 Å². The van der Waals surface area contributed by atoms with Gasteiger partial charge in [0.2, 0.25) is 10.0 Å². The predicted octanol–water partition coefficient (Wildman–Crippen LogP) is 1.79. The van der Waals surface area contributed by atoms with Crippen LogP contribution < -0.4 is 0 Å². The van der Waals surface area contributed by atoms with E-state index < -0.39 is 22.0 Å². The third kappa shape index (κ3) is 2.28. The Kier molecular flexibility index (Phi) is 4.02. The van der Waals surface area contributed by atoms with Gasteiger partial charge in [-0.25, -0.2) is 8.42 Å². The maximum absolute atomic E-state index is 13.3. The molecule has 0 radical (unpaired) electrons. The molecule has 0 aromatic carbocycles. The van der Waals surface area contributed by atoms with E-state index in [4.69, 9.17) is 9.47 Å². The Morgan fingerprint density at radius 1 is 1.28 bits per heavy atom. The smallest absolute Gasteiger partial charge is 0.324 e. The zero-order chi connectivity index (χ0) is 18.0. The molecule has 0 spiro atoms. The van der Waals surface area contributed by atoms with Crippen LogP contribution in [0.1, 0.15) is 46.0 Å². The van der Waals surface area contributed by atoms with Gasteiger partial charge in [0.25, 0.3) is 0 Å². The molecule has 0 N–H and O–H groups in total. The highest BCUT2D eigenvalue weighted by Gasteiger charge is 2.71. The molecule has 7 heteroatoms. The van der Waals surface area contributed by atoms with Gasteiger partial charge in [-0.05, 0) is 49.4 Å². The van der Waals surface area contributed by atoms with Gasteiger partial charge in [0.15, 0.2) is 0 Å². The lowest BCUT2D eigenvalue weighted by atomic mass is 9.69. The Labute approximate surface area is 150 Å². The molecule has 4 aliphatic rings. The lowest BCUT2D eigenvalue weighted by Gasteiger charge is -2.42. The van der Waals surface area contributed by atoms with Crippen LogP contribution in [-0.2, 0) is 24.3 Å². The van der Waals surface area contributed by atoms with Gasteiger partial charge >= 0.3 is 5.97 Å². The number of carbonyl (C=O) groups is 1. The Hall–Kier alpha value is -0.660. The van der Waals surface area contributed by atoms with E-state index in [1.807, 2.05) is 0 Å². The molecule has 4 rings (SSSR count). The summed E-state index contributed by atoms with van der Waals surface area (Å²) >= 11 is 0. The highest BCUT2D eigenvalue weighted by Crippen LogP contribution is 2.71. The van der Waals surface area contributed by atoms with Crippen molar-refractivity contribution in [1.82, 2.24) is 4.31 Å². The molecule has 2 saturated heterocycles. The fourth-order valence-electron chi connectivity index (χ4n) is 6.50. The normalized spacial score (nSPS) is 42.7. The van der Waals surface area contributed by atoms with Crippen molar-refractivity contribution in [1.29, 1.82) is 0 Å². The minimum atomic E-state index is -3.55. The van der Waals surface area contributed by atoms with E-state index in [2.05, 4.69) is 13.8 Å². The van der Waals surface area contributed by atoms with E-state index in [1.54, 1.807) is 0 Å². The summed E-state index contributed by atoms with van der Waals surface area (Å²) in [4.78, 5) is 12.0. The minimum Gasteiger partial charge on any atom is -0.468 e. The van der Waals surface area contributed by atoms with Crippen molar-refractivity contribution in [2.45, 2.75) is 58.1 Å². The third-order valence-electron chi connectivity index (χ3n) is 7.78. The SMILES string of the molecule is COC(=O)[C@@H]1CCCN1S(=O)(=O)CC12CCC(C3CCOC31)C2(C)C. The van der Waals surface area contributed by atoms with E-state index in [1.165, 1.54) is 11.4 Å². The number of sulfonamides is 1. The van der Waals surface area contributed by atoms with Crippen LogP contribution in [0.3, 0.4) is 0 Å². The number of hydrogen-bond acceptors (Lipinski definition) is 5. The van der Waals surface area contributed by atoms with Crippen LogP contribution in [0.15, 0.2) is 0 Å². The minimum absolute atomic E-state index is 0.0453. The number of ether oxygens (including phenoxy) is 2. The predicted molar refractivity (Wildman–Crippen MR) is 92.3 cm³/mol.